The van der Waals surface area contributed by atoms with Gasteiger partial charge < -0.3 is 15.8 Å². The number of nitrogens with zero attached hydrogens (tertiary/aromatic N) is 3. The van der Waals surface area contributed by atoms with Gasteiger partial charge in [0.2, 0.25) is 5.95 Å². The van der Waals surface area contributed by atoms with E-state index in [0.717, 1.165) is 18.4 Å². The first-order valence-electron chi connectivity index (χ1n) is 11.9. The number of carbonyl (C=O) groups excluding carboxylic acids is 1. The lowest BCUT2D eigenvalue weighted by Crippen LogP contribution is -2.23. The zero-order valence-corrected chi connectivity index (χ0v) is 22.1. The van der Waals surface area contributed by atoms with E-state index in [1.807, 2.05) is 12.1 Å². The summed E-state index contributed by atoms with van der Waals surface area (Å²) in [5.41, 5.74) is 6.55. The first-order chi connectivity index (χ1) is 18.4. The lowest BCUT2D eigenvalue weighted by Gasteiger charge is -2.19. The largest absolute Gasteiger partial charge is 0.454 e. The first-order valence-corrected chi connectivity index (χ1v) is 14.1. The highest BCUT2D eigenvalue weighted by Crippen LogP contribution is 2.48. The van der Waals surface area contributed by atoms with Crippen molar-refractivity contribution in [1.82, 2.24) is 15.0 Å². The number of ketones is 1. The molecule has 1 aliphatic carbocycles. The van der Waals surface area contributed by atoms with Crippen LogP contribution in [-0.4, -0.2) is 60.0 Å². The minimum atomic E-state index is -4.58. The second-order valence-electron chi connectivity index (χ2n) is 9.15. The topological polar surface area (TPSA) is 137 Å². The number of hydrogen-bond donors (Lipinski definition) is 2. The summed E-state index contributed by atoms with van der Waals surface area (Å²) in [6.07, 6.45) is -2.98. The van der Waals surface area contributed by atoms with Crippen LogP contribution in [0.1, 0.15) is 40.2 Å². The number of carbonyl (C=O) groups is 1. The second kappa shape index (κ2) is 11.4. The fraction of sp³-hybridized carbons (Fsp3) is 0.360. The van der Waals surface area contributed by atoms with E-state index in [1.165, 1.54) is 12.1 Å². The number of nitrogens with one attached hydrogen (secondary N) is 1. The van der Waals surface area contributed by atoms with Crippen LogP contribution in [0.5, 0.6) is 6.01 Å². The average molecular weight is 584 g/mol. The molecule has 0 aliphatic heterocycles. The standard InChI is InChI=1S/C25H25ClF3N5O4S/c26-19-7-5-18(6-8-19)24(9-10-24)34-22-31-21(32-23(33-22)38-15-25(27,28)29)13-16-1-3-17(4-2-16)20(35)14-39(36,37)12-11-30/h1-8H,9-15,30H2,(H,31,32,33,34). The van der Waals surface area contributed by atoms with Crippen LogP contribution in [0.2, 0.25) is 5.02 Å². The number of aromatic nitrogens is 3. The Morgan fingerprint density at radius 3 is 2.31 bits per heavy atom. The summed E-state index contributed by atoms with van der Waals surface area (Å²) in [5.74, 6) is -1.31. The van der Waals surface area contributed by atoms with Crippen LogP contribution in [-0.2, 0) is 21.8 Å². The maximum Gasteiger partial charge on any atom is 0.422 e. The lowest BCUT2D eigenvalue weighted by molar-refractivity contribution is -0.154. The fourth-order valence-electron chi connectivity index (χ4n) is 3.86. The summed E-state index contributed by atoms with van der Waals surface area (Å²) >= 11 is 5.99. The molecule has 1 saturated carbocycles. The van der Waals surface area contributed by atoms with Crippen molar-refractivity contribution in [2.24, 2.45) is 5.73 Å². The predicted molar refractivity (Wildman–Crippen MR) is 139 cm³/mol. The normalized spacial score (nSPS) is 14.6. The summed E-state index contributed by atoms with van der Waals surface area (Å²) in [7, 11) is -3.60. The number of sulfone groups is 1. The molecule has 0 radical (unpaired) electrons. The van der Waals surface area contributed by atoms with Gasteiger partial charge >= 0.3 is 12.2 Å². The van der Waals surface area contributed by atoms with Crippen LogP contribution in [0.3, 0.4) is 0 Å². The van der Waals surface area contributed by atoms with Crippen molar-refractivity contribution in [1.29, 1.82) is 0 Å². The average Bonchev–Trinajstić information content (AvgIpc) is 3.63. The van der Waals surface area contributed by atoms with Crippen molar-refractivity contribution >= 4 is 33.2 Å². The van der Waals surface area contributed by atoms with Gasteiger partial charge in [-0.15, -0.1) is 0 Å². The molecule has 9 nitrogen and oxygen atoms in total. The second-order valence-corrected chi connectivity index (χ2v) is 11.8. The molecule has 39 heavy (non-hydrogen) atoms. The maximum atomic E-state index is 12.8. The molecule has 3 N–H and O–H groups in total. The maximum absolute atomic E-state index is 12.8. The van der Waals surface area contributed by atoms with E-state index in [1.54, 1.807) is 24.3 Å². The smallest absolute Gasteiger partial charge is 0.422 e. The Kier molecular flexibility index (Phi) is 8.42. The molecule has 4 rings (SSSR count). The third-order valence-corrected chi connectivity index (χ3v) is 7.75. The van der Waals surface area contributed by atoms with E-state index < -0.39 is 45.7 Å². The summed E-state index contributed by atoms with van der Waals surface area (Å²) in [4.78, 5) is 24.8. The quantitative estimate of drug-likeness (QED) is 0.306. The van der Waals surface area contributed by atoms with E-state index >= 15 is 0 Å². The SMILES string of the molecule is NCCS(=O)(=O)CC(=O)c1ccc(Cc2nc(NC3(c4ccc(Cl)cc4)CC3)nc(OCC(F)(F)F)n2)cc1. The van der Waals surface area contributed by atoms with Gasteiger partial charge in [0.05, 0.1) is 11.3 Å². The number of anilines is 1. The molecule has 14 heteroatoms. The Balaban J connectivity index is 1.54. The Morgan fingerprint density at radius 1 is 1.05 bits per heavy atom. The Morgan fingerprint density at radius 2 is 1.72 bits per heavy atom. The molecule has 1 fully saturated rings. The molecule has 0 bridgehead atoms. The summed E-state index contributed by atoms with van der Waals surface area (Å²) in [6, 6.07) is 12.8. The van der Waals surface area contributed by atoms with Crippen molar-refractivity contribution in [2.75, 3.05) is 30.0 Å². The molecule has 0 atom stereocenters. The van der Waals surface area contributed by atoms with E-state index in [9.17, 15) is 26.4 Å². The predicted octanol–water partition coefficient (Wildman–Crippen LogP) is 3.71. The van der Waals surface area contributed by atoms with Crippen molar-refractivity contribution in [3.63, 3.8) is 0 Å². The van der Waals surface area contributed by atoms with Crippen molar-refractivity contribution < 1.29 is 31.1 Å². The van der Waals surface area contributed by atoms with Gasteiger partial charge in [0, 0.05) is 23.6 Å². The van der Waals surface area contributed by atoms with Crippen LogP contribution >= 0.6 is 11.6 Å². The van der Waals surface area contributed by atoms with Gasteiger partial charge in [-0.05, 0) is 36.1 Å². The number of benzene rings is 2. The highest BCUT2D eigenvalue weighted by atomic mass is 35.5. The molecule has 0 amide bonds. The summed E-state index contributed by atoms with van der Waals surface area (Å²) in [6.45, 7) is -1.64. The fourth-order valence-corrected chi connectivity index (χ4v) is 5.06. The van der Waals surface area contributed by atoms with Crippen LogP contribution in [0.15, 0.2) is 48.5 Å². The van der Waals surface area contributed by atoms with Gasteiger partial charge in [0.15, 0.2) is 22.2 Å². The van der Waals surface area contributed by atoms with E-state index in [0.29, 0.717) is 10.6 Å². The monoisotopic (exact) mass is 583 g/mol. The molecular formula is C25H25ClF3N5O4S. The lowest BCUT2D eigenvalue weighted by atomic mass is 10.1. The van der Waals surface area contributed by atoms with E-state index in [4.69, 9.17) is 22.1 Å². The Bertz CT molecular complexity index is 1430. The molecule has 1 aromatic heterocycles. The zero-order chi connectivity index (χ0) is 28.3. The van der Waals surface area contributed by atoms with Crippen LogP contribution in [0.25, 0.3) is 0 Å². The minimum Gasteiger partial charge on any atom is -0.454 e. The number of alkyl halides is 3. The molecule has 0 saturated heterocycles. The molecule has 2 aromatic carbocycles. The first kappa shape index (κ1) is 28.7. The summed E-state index contributed by atoms with van der Waals surface area (Å²) in [5, 5.41) is 3.78. The molecule has 1 aliphatic rings. The molecular weight excluding hydrogens is 559 g/mol. The van der Waals surface area contributed by atoms with E-state index in [-0.39, 0.29) is 36.1 Å². The molecule has 0 unspecified atom stereocenters. The molecule has 1 heterocycles. The van der Waals surface area contributed by atoms with Gasteiger partial charge in [-0.3, -0.25) is 4.79 Å². The number of Topliss-reactive ketones (excluding diaryl/α,β-unsaturated/α-hetero) is 1. The number of hydrogen-bond acceptors (Lipinski definition) is 9. The number of ether oxygens (including phenoxy) is 1. The number of nitrogens with two attached hydrogens (primary N) is 1. The molecule has 3 aromatic rings. The van der Waals surface area contributed by atoms with Crippen LogP contribution in [0, 0.1) is 0 Å². The third-order valence-electron chi connectivity index (χ3n) is 5.94. The zero-order valence-electron chi connectivity index (χ0n) is 20.5. The third kappa shape index (κ3) is 8.10. The highest BCUT2D eigenvalue weighted by molar-refractivity contribution is 7.92. The van der Waals surface area contributed by atoms with Crippen LogP contribution in [0.4, 0.5) is 19.1 Å². The Labute approximate surface area is 227 Å². The number of halogens is 4. The molecule has 208 valence electrons. The van der Waals surface area contributed by atoms with Crippen LogP contribution < -0.4 is 15.8 Å². The van der Waals surface area contributed by atoms with Gasteiger partial charge in [-0.2, -0.15) is 28.1 Å². The van der Waals surface area contributed by atoms with Gasteiger partial charge in [0.25, 0.3) is 0 Å². The highest BCUT2D eigenvalue weighted by Gasteiger charge is 2.45. The van der Waals surface area contributed by atoms with Crippen molar-refractivity contribution in [3.8, 4) is 6.01 Å². The van der Waals surface area contributed by atoms with Gasteiger partial charge in [0.1, 0.15) is 11.6 Å². The number of rotatable bonds is 12. The van der Waals surface area contributed by atoms with Crippen molar-refractivity contribution in [2.45, 2.75) is 31.0 Å². The molecule has 0 spiro atoms. The summed E-state index contributed by atoms with van der Waals surface area (Å²) < 4.78 is 66.9. The van der Waals surface area contributed by atoms with E-state index in [2.05, 4.69) is 20.3 Å². The minimum absolute atomic E-state index is 0.0570. The van der Waals surface area contributed by atoms with Gasteiger partial charge in [-0.25, -0.2) is 8.42 Å². The van der Waals surface area contributed by atoms with Crippen molar-refractivity contribution in [3.05, 3.63) is 76.1 Å². The van der Waals surface area contributed by atoms with Gasteiger partial charge in [-0.1, -0.05) is 48.0 Å². The Hall–Kier alpha value is -3.29.